The quantitative estimate of drug-likeness (QED) is 0.394. The van der Waals surface area contributed by atoms with Crippen LogP contribution in [0.15, 0.2) is 24.3 Å². The number of nitrogens with zero attached hydrogens (tertiary/aromatic N) is 1. The van der Waals surface area contributed by atoms with Crippen LogP contribution in [0.25, 0.3) is 0 Å². The zero-order chi connectivity index (χ0) is 26.6. The first-order valence-corrected chi connectivity index (χ1v) is 10.9. The van der Waals surface area contributed by atoms with Crippen molar-refractivity contribution in [3.63, 3.8) is 0 Å². The lowest BCUT2D eigenvalue weighted by molar-refractivity contribution is -0.193. The third kappa shape index (κ3) is 11.7. The number of carbonyl (C=O) groups is 2. The second-order valence-corrected chi connectivity index (χ2v) is 8.11. The summed E-state index contributed by atoms with van der Waals surface area (Å²) >= 11 is 0. The van der Waals surface area contributed by atoms with Crippen molar-refractivity contribution in [3.8, 4) is 0 Å². The number of carboxylic acids is 2. The first-order chi connectivity index (χ1) is 16.3. The molecule has 1 aromatic carbocycles. The number of nitrogens with one attached hydrogen (secondary N) is 1. The van der Waals surface area contributed by atoms with Gasteiger partial charge in [-0.2, -0.15) is 26.3 Å². The first kappa shape index (κ1) is 30.7. The fourth-order valence-corrected chi connectivity index (χ4v) is 3.80. The van der Waals surface area contributed by atoms with E-state index in [1.807, 2.05) is 0 Å². The van der Waals surface area contributed by atoms with Gasteiger partial charge >= 0.3 is 24.3 Å². The summed E-state index contributed by atoms with van der Waals surface area (Å²) in [7, 11) is 1.76. The van der Waals surface area contributed by atoms with E-state index in [0.29, 0.717) is 0 Å². The summed E-state index contributed by atoms with van der Waals surface area (Å²) in [6.45, 7) is 5.50. The molecule has 1 aliphatic carbocycles. The zero-order valence-corrected chi connectivity index (χ0v) is 19.2. The smallest absolute Gasteiger partial charge is 0.475 e. The maximum atomic E-state index is 10.6. The van der Waals surface area contributed by atoms with Crippen LogP contribution in [0.1, 0.15) is 24.0 Å². The third-order valence-electron chi connectivity index (χ3n) is 5.60. The second kappa shape index (κ2) is 14.2. The van der Waals surface area contributed by atoms with Crippen LogP contribution in [0.2, 0.25) is 0 Å². The average molecular weight is 516 g/mol. The summed E-state index contributed by atoms with van der Waals surface area (Å²) in [6, 6.07) is 9.73. The number of hydrogen-bond donors (Lipinski definition) is 3. The highest BCUT2D eigenvalue weighted by molar-refractivity contribution is 5.73. The summed E-state index contributed by atoms with van der Waals surface area (Å²) in [5, 5.41) is 17.8. The maximum absolute atomic E-state index is 10.6. The number of rotatable bonds is 6. The number of benzene rings is 1. The highest BCUT2D eigenvalue weighted by Crippen LogP contribution is 2.28. The number of fused-ring (bicyclic) bond motifs is 1. The van der Waals surface area contributed by atoms with E-state index in [4.69, 9.17) is 24.5 Å². The van der Waals surface area contributed by atoms with Crippen molar-refractivity contribution in [2.75, 3.05) is 39.9 Å². The second-order valence-electron chi connectivity index (χ2n) is 8.11. The molecule has 1 saturated heterocycles. The fourth-order valence-electron chi connectivity index (χ4n) is 3.80. The molecule has 7 nitrogen and oxygen atoms in total. The Bertz CT molecular complexity index is 746. The van der Waals surface area contributed by atoms with E-state index >= 15 is 0 Å². The van der Waals surface area contributed by atoms with E-state index in [1.165, 1.54) is 38.8 Å². The predicted molar refractivity (Wildman–Crippen MR) is 114 cm³/mol. The number of piperidine rings is 1. The summed E-state index contributed by atoms with van der Waals surface area (Å²) in [4.78, 5) is 20.5. The van der Waals surface area contributed by atoms with E-state index in [2.05, 4.69) is 34.5 Å². The Morgan fingerprint density at radius 3 is 1.77 bits per heavy atom. The third-order valence-corrected chi connectivity index (χ3v) is 5.60. The highest BCUT2D eigenvalue weighted by Gasteiger charge is 2.39. The number of halogens is 6. The Labute approximate surface area is 199 Å². The SMILES string of the molecule is COCCNCC1CCN(C2Cc3ccccc3C2)CC1.O=C(O)C(F)(F)F.O=C(O)C(F)(F)F. The molecule has 3 N–H and O–H groups in total. The molecule has 0 aromatic heterocycles. The van der Waals surface area contributed by atoms with E-state index < -0.39 is 24.3 Å². The van der Waals surface area contributed by atoms with E-state index in [-0.39, 0.29) is 0 Å². The van der Waals surface area contributed by atoms with Crippen LogP contribution >= 0.6 is 0 Å². The number of likely N-dealkylation sites (tertiary alicyclic amines) is 1. The number of carboxylic acid groups (broad SMARTS) is 2. The molecule has 0 spiro atoms. The first-order valence-electron chi connectivity index (χ1n) is 10.9. The van der Waals surface area contributed by atoms with Gasteiger partial charge in [-0.3, -0.25) is 4.90 Å². The van der Waals surface area contributed by atoms with Crippen molar-refractivity contribution in [1.29, 1.82) is 0 Å². The maximum Gasteiger partial charge on any atom is 0.490 e. The van der Waals surface area contributed by atoms with Crippen molar-refractivity contribution in [1.82, 2.24) is 10.2 Å². The topological polar surface area (TPSA) is 99.1 Å². The van der Waals surface area contributed by atoms with E-state index in [0.717, 1.165) is 31.7 Å². The van der Waals surface area contributed by atoms with Gasteiger partial charge in [0.2, 0.25) is 0 Å². The Hall–Kier alpha value is -2.38. The van der Waals surface area contributed by atoms with Crippen LogP contribution in [0.5, 0.6) is 0 Å². The lowest BCUT2D eigenvalue weighted by Gasteiger charge is -2.36. The van der Waals surface area contributed by atoms with Crippen molar-refractivity contribution >= 4 is 11.9 Å². The average Bonchev–Trinajstić information content (AvgIpc) is 3.21. The molecule has 0 unspecified atom stereocenters. The normalized spacial score (nSPS) is 17.0. The Balaban J connectivity index is 0.000000362. The zero-order valence-electron chi connectivity index (χ0n) is 19.2. The van der Waals surface area contributed by atoms with Gasteiger partial charge in [0.15, 0.2) is 0 Å². The molecule has 0 radical (unpaired) electrons. The molecule has 1 fully saturated rings. The van der Waals surface area contributed by atoms with Gasteiger partial charge in [-0.15, -0.1) is 0 Å². The van der Waals surface area contributed by atoms with Crippen LogP contribution < -0.4 is 5.32 Å². The molecule has 3 rings (SSSR count). The lowest BCUT2D eigenvalue weighted by atomic mass is 9.95. The number of ether oxygens (including phenoxy) is 1. The molecule has 0 amide bonds. The van der Waals surface area contributed by atoms with Gasteiger partial charge in [-0.1, -0.05) is 24.3 Å². The van der Waals surface area contributed by atoms with Crippen LogP contribution in [0, 0.1) is 5.92 Å². The standard InChI is InChI=1S/C18H28N2O.2C2HF3O2/c1-21-11-8-19-14-15-6-9-20(10-7-15)18-12-16-4-2-3-5-17(16)13-18;2*3-2(4,5)1(6)7/h2-5,15,18-19H,6-14H2,1H3;2*(H,6,7). The van der Waals surface area contributed by atoms with Crippen molar-refractivity contribution in [3.05, 3.63) is 35.4 Å². The number of methoxy groups -OCH3 is 1. The summed E-state index contributed by atoms with van der Waals surface area (Å²) < 4.78 is 68.5. The minimum Gasteiger partial charge on any atom is -0.475 e. The molecule has 13 heteroatoms. The number of alkyl halides is 6. The molecular weight excluding hydrogens is 486 g/mol. The molecule has 1 aromatic rings. The Morgan fingerprint density at radius 1 is 0.971 bits per heavy atom. The molecule has 35 heavy (non-hydrogen) atoms. The van der Waals surface area contributed by atoms with E-state index in [9.17, 15) is 26.3 Å². The van der Waals surface area contributed by atoms with Crippen LogP contribution in [-0.2, 0) is 27.2 Å². The highest BCUT2D eigenvalue weighted by atomic mass is 19.4. The molecule has 0 bridgehead atoms. The van der Waals surface area contributed by atoms with Gasteiger partial charge in [-0.05, 0) is 62.4 Å². The number of aliphatic carboxylic acids is 2. The minimum atomic E-state index is -5.08. The molecule has 2 aliphatic rings. The monoisotopic (exact) mass is 516 g/mol. The van der Waals surface area contributed by atoms with Crippen LogP contribution in [0.3, 0.4) is 0 Å². The molecular formula is C22H30F6N2O5. The summed E-state index contributed by atoms with van der Waals surface area (Å²) in [5.41, 5.74) is 3.15. The van der Waals surface area contributed by atoms with Crippen LogP contribution in [-0.4, -0.2) is 85.3 Å². The molecule has 1 heterocycles. The van der Waals surface area contributed by atoms with Crippen molar-refractivity contribution in [2.24, 2.45) is 5.92 Å². The van der Waals surface area contributed by atoms with Crippen LogP contribution in [0.4, 0.5) is 26.3 Å². The van der Waals surface area contributed by atoms with Crippen molar-refractivity contribution < 1.29 is 50.9 Å². The van der Waals surface area contributed by atoms with Gasteiger partial charge < -0.3 is 20.3 Å². The predicted octanol–water partition coefficient (Wildman–Crippen LogP) is 3.37. The number of hydrogen-bond acceptors (Lipinski definition) is 5. The minimum absolute atomic E-state index is 0.754. The molecule has 200 valence electrons. The summed E-state index contributed by atoms with van der Waals surface area (Å²) in [6.07, 6.45) is -4.97. The van der Waals surface area contributed by atoms with Gasteiger partial charge in [0.25, 0.3) is 0 Å². The fraction of sp³-hybridized carbons (Fsp3) is 0.636. The molecule has 1 aliphatic heterocycles. The van der Waals surface area contributed by atoms with Gasteiger partial charge in [0, 0.05) is 19.7 Å². The van der Waals surface area contributed by atoms with Gasteiger partial charge in [-0.25, -0.2) is 9.59 Å². The Kier molecular flexibility index (Phi) is 12.5. The lowest BCUT2D eigenvalue weighted by Crippen LogP contribution is -2.43. The Morgan fingerprint density at radius 2 is 1.40 bits per heavy atom. The molecule has 0 saturated carbocycles. The van der Waals surface area contributed by atoms with Gasteiger partial charge in [0.05, 0.1) is 6.61 Å². The molecule has 0 atom stereocenters. The van der Waals surface area contributed by atoms with E-state index in [1.54, 1.807) is 18.2 Å². The van der Waals surface area contributed by atoms with Crippen molar-refractivity contribution in [2.45, 2.75) is 44.1 Å². The van der Waals surface area contributed by atoms with Gasteiger partial charge in [0.1, 0.15) is 0 Å². The largest absolute Gasteiger partial charge is 0.490 e. The summed E-state index contributed by atoms with van der Waals surface area (Å²) in [5.74, 6) is -4.66.